The van der Waals surface area contributed by atoms with Crippen LogP contribution in [0.2, 0.25) is 5.02 Å². The smallest absolute Gasteiger partial charge is 0.773 e. The van der Waals surface area contributed by atoms with Crippen LogP contribution in [0.25, 0.3) is 6.08 Å². The van der Waals surface area contributed by atoms with Crippen molar-refractivity contribution in [1.82, 2.24) is 0 Å². The molecular weight excluding hydrogens is 315 g/mol. The minimum Gasteiger partial charge on any atom is -0.773 e. The molecule has 0 aliphatic carbocycles. The molecule has 0 atom stereocenters. The van der Waals surface area contributed by atoms with Gasteiger partial charge in [-0.3, -0.25) is 0 Å². The first kappa shape index (κ1) is 13.7. The average molecular weight is 322 g/mol. The van der Waals surface area contributed by atoms with E-state index in [0.717, 1.165) is 0 Å². The number of carboxylic acid groups (broad SMARTS) is 1. The van der Waals surface area contributed by atoms with E-state index in [0.29, 0.717) is 10.6 Å². The first-order chi connectivity index (χ1) is 6.11. The summed E-state index contributed by atoms with van der Waals surface area (Å²) in [4.78, 5) is 10.3. The van der Waals surface area contributed by atoms with Gasteiger partial charge in [-0.2, -0.15) is 0 Å². The second-order valence-corrected chi connectivity index (χ2v) is 3.18. The van der Waals surface area contributed by atoms with E-state index in [4.69, 9.17) is 16.7 Å². The number of hydrogen-bond acceptors (Lipinski definition) is 2. The topological polar surface area (TPSA) is 37.3 Å². The van der Waals surface area contributed by atoms with Gasteiger partial charge >= 0.3 is 28.3 Å². The Kier molecular flexibility index (Phi) is 6.08. The number of hydrogen-bond donors (Lipinski definition) is 1. The molecule has 0 heterocycles. The molecule has 0 aliphatic rings. The van der Waals surface area contributed by atoms with E-state index in [-0.39, 0.29) is 27.3 Å². The van der Waals surface area contributed by atoms with Crippen molar-refractivity contribution >= 4 is 36.3 Å². The molecule has 1 aromatic carbocycles. The quantitative estimate of drug-likeness (QED) is 0.516. The van der Waals surface area contributed by atoms with Gasteiger partial charge in [-0.15, -0.1) is 0 Å². The van der Waals surface area contributed by atoms with Crippen molar-refractivity contribution < 1.29 is 32.3 Å². The number of carbonyl (C=O) groups is 1. The zero-order valence-corrected chi connectivity index (χ0v) is 9.88. The summed E-state index contributed by atoms with van der Waals surface area (Å²) in [6, 6.07) is 6.92. The van der Waals surface area contributed by atoms with Crippen molar-refractivity contribution in [3.8, 4) is 0 Å². The minimum absolute atomic E-state index is 0. The Labute approximate surface area is 108 Å². The van der Waals surface area contributed by atoms with Gasteiger partial charge < -0.3 is 17.7 Å². The molecule has 0 radical (unpaired) electrons. The summed E-state index contributed by atoms with van der Waals surface area (Å²) >= 11 is 10.4. The van der Waals surface area contributed by atoms with Gasteiger partial charge in [0.2, 0.25) is 0 Å². The largest absolute Gasteiger partial charge is 1.00 e. The van der Waals surface area contributed by atoms with E-state index < -0.39 is 5.97 Å². The summed E-state index contributed by atoms with van der Waals surface area (Å²) in [6.07, 6.45) is 1.36. The van der Waals surface area contributed by atoms with Crippen LogP contribution in [0, 0.1) is 0 Å². The molecule has 1 aromatic rings. The van der Waals surface area contributed by atoms with Gasteiger partial charge in [0.25, 0.3) is 0 Å². The second kappa shape index (κ2) is 6.22. The van der Waals surface area contributed by atoms with Crippen molar-refractivity contribution in [1.29, 1.82) is 0 Å². The summed E-state index contributed by atoms with van der Waals surface area (Å²) in [5.74, 6) is -1.12. The molecule has 1 N–H and O–H groups in total. The third-order valence-corrected chi connectivity index (χ3v) is 2.04. The molecular formula is C9H6AgClO2S. The van der Waals surface area contributed by atoms with Gasteiger partial charge in [0.1, 0.15) is 0 Å². The van der Waals surface area contributed by atoms with Crippen LogP contribution >= 0.6 is 11.6 Å². The van der Waals surface area contributed by atoms with Crippen molar-refractivity contribution in [2.75, 3.05) is 0 Å². The molecule has 0 aromatic heterocycles. The summed E-state index contributed by atoms with van der Waals surface area (Å²) in [5.41, 5.74) is 0.622. The van der Waals surface area contributed by atoms with E-state index in [2.05, 4.69) is 12.6 Å². The summed E-state index contributed by atoms with van der Waals surface area (Å²) in [7, 11) is 0. The van der Waals surface area contributed by atoms with E-state index in [1.807, 2.05) is 0 Å². The van der Waals surface area contributed by atoms with Gasteiger partial charge in [-0.1, -0.05) is 40.8 Å². The van der Waals surface area contributed by atoms with E-state index in [1.165, 1.54) is 6.08 Å². The van der Waals surface area contributed by atoms with Crippen LogP contribution in [0.1, 0.15) is 5.56 Å². The Morgan fingerprint density at radius 1 is 1.43 bits per heavy atom. The number of carboxylic acids is 1. The SMILES string of the molecule is O=C(O)/C([S-])=C/c1ccccc1Cl.[Ag+]. The number of halogens is 1. The first-order valence-electron chi connectivity index (χ1n) is 3.48. The molecule has 0 spiro atoms. The molecule has 0 unspecified atom stereocenters. The number of benzene rings is 1. The van der Waals surface area contributed by atoms with Crippen LogP contribution in [0.3, 0.4) is 0 Å². The predicted octanol–water partition coefficient (Wildman–Crippen LogP) is 2.31. The molecule has 0 amide bonds. The summed E-state index contributed by atoms with van der Waals surface area (Å²) in [6.45, 7) is 0. The van der Waals surface area contributed by atoms with Crippen molar-refractivity contribution in [2.24, 2.45) is 0 Å². The van der Waals surface area contributed by atoms with Crippen LogP contribution < -0.4 is 0 Å². The van der Waals surface area contributed by atoms with Gasteiger partial charge in [-0.25, -0.2) is 4.79 Å². The Morgan fingerprint density at radius 3 is 2.50 bits per heavy atom. The van der Waals surface area contributed by atoms with Crippen LogP contribution in [0.5, 0.6) is 0 Å². The second-order valence-electron chi connectivity index (χ2n) is 2.34. The third kappa shape index (κ3) is 3.82. The van der Waals surface area contributed by atoms with Crippen molar-refractivity contribution in [2.45, 2.75) is 0 Å². The fourth-order valence-corrected chi connectivity index (χ4v) is 1.11. The first-order valence-corrected chi connectivity index (χ1v) is 4.26. The minimum atomic E-state index is -1.12. The molecule has 0 bridgehead atoms. The Morgan fingerprint density at radius 2 is 2.00 bits per heavy atom. The van der Waals surface area contributed by atoms with E-state index >= 15 is 0 Å². The predicted molar refractivity (Wildman–Crippen MR) is 54.4 cm³/mol. The standard InChI is InChI=1S/C9H7ClO2S.Ag/c10-7-4-2-1-3-6(7)5-8(13)9(11)12;/h1-5,13H,(H,11,12);/q;+1/p-1/b8-5-;. The van der Waals surface area contributed by atoms with Crippen LogP contribution in [-0.2, 0) is 39.8 Å². The average Bonchev–Trinajstić information content (AvgIpc) is 2.08. The fourth-order valence-electron chi connectivity index (χ4n) is 0.795. The molecule has 0 saturated heterocycles. The van der Waals surface area contributed by atoms with Crippen molar-refractivity contribution in [3.05, 3.63) is 39.8 Å². The number of aliphatic carboxylic acids is 1. The van der Waals surface area contributed by atoms with Crippen molar-refractivity contribution in [3.63, 3.8) is 0 Å². The van der Waals surface area contributed by atoms with E-state index in [1.54, 1.807) is 24.3 Å². The normalized spacial score (nSPS) is 10.5. The molecule has 0 aliphatic heterocycles. The molecule has 2 nitrogen and oxygen atoms in total. The Bertz CT molecular complexity index is 366. The summed E-state index contributed by atoms with van der Waals surface area (Å²) in [5, 5.41) is 9.01. The molecule has 14 heavy (non-hydrogen) atoms. The molecule has 0 fully saturated rings. The maximum atomic E-state index is 10.4. The zero-order chi connectivity index (χ0) is 9.84. The molecule has 78 valence electrons. The molecule has 5 heteroatoms. The monoisotopic (exact) mass is 320 g/mol. The fraction of sp³-hybridized carbons (Fsp3) is 0. The van der Waals surface area contributed by atoms with Crippen LogP contribution in [0.4, 0.5) is 0 Å². The maximum Gasteiger partial charge on any atom is 1.00 e. The third-order valence-electron chi connectivity index (χ3n) is 1.40. The zero-order valence-electron chi connectivity index (χ0n) is 6.83. The molecule has 1 rings (SSSR count). The van der Waals surface area contributed by atoms with Crippen LogP contribution in [0.15, 0.2) is 29.2 Å². The number of rotatable bonds is 2. The van der Waals surface area contributed by atoms with Gasteiger partial charge in [0.15, 0.2) is 0 Å². The summed E-state index contributed by atoms with van der Waals surface area (Å²) < 4.78 is 0. The van der Waals surface area contributed by atoms with Gasteiger partial charge in [0, 0.05) is 5.02 Å². The molecule has 0 saturated carbocycles. The van der Waals surface area contributed by atoms with Crippen LogP contribution in [-0.4, -0.2) is 11.1 Å². The Hall–Kier alpha value is -0.320. The van der Waals surface area contributed by atoms with Gasteiger partial charge in [0.05, 0.1) is 0 Å². The van der Waals surface area contributed by atoms with E-state index in [9.17, 15) is 4.79 Å². The maximum absolute atomic E-state index is 10.4. The Balaban J connectivity index is 0.00000169. The van der Waals surface area contributed by atoms with Gasteiger partial charge in [-0.05, 0) is 11.6 Å².